The lowest BCUT2D eigenvalue weighted by Gasteiger charge is -2.28. The van der Waals surface area contributed by atoms with Crippen LogP contribution in [0.5, 0.6) is 0 Å². The second kappa shape index (κ2) is 6.27. The number of likely N-dealkylation sites (tertiary alicyclic amines) is 1. The van der Waals surface area contributed by atoms with Gasteiger partial charge in [0.25, 0.3) is 0 Å². The number of nitrogens with zero attached hydrogens (tertiary/aromatic N) is 1. The summed E-state index contributed by atoms with van der Waals surface area (Å²) < 4.78 is 5.13. The summed E-state index contributed by atoms with van der Waals surface area (Å²) >= 11 is 3.55. The van der Waals surface area contributed by atoms with E-state index >= 15 is 0 Å². The van der Waals surface area contributed by atoms with Crippen LogP contribution < -0.4 is 0 Å². The Morgan fingerprint density at radius 2 is 2.14 bits per heavy atom. The van der Waals surface area contributed by atoms with Gasteiger partial charge in [0.2, 0.25) is 0 Å². The van der Waals surface area contributed by atoms with Crippen molar-refractivity contribution in [2.45, 2.75) is 37.4 Å². The van der Waals surface area contributed by atoms with Crippen LogP contribution in [0.3, 0.4) is 0 Å². The Hall–Kier alpha value is -0.250. The van der Waals surface area contributed by atoms with Gasteiger partial charge in [0.1, 0.15) is 0 Å². The third kappa shape index (κ3) is 3.86. The molecule has 0 N–H and O–H groups in total. The summed E-state index contributed by atoms with van der Waals surface area (Å²) in [6, 6.07) is 0. The molecule has 1 amide bonds. The molecule has 82 valence electrons. The molecule has 0 saturated carbocycles. The first kappa shape index (κ1) is 11.8. The molecule has 1 heterocycles. The summed E-state index contributed by atoms with van der Waals surface area (Å²) in [7, 11) is 0. The molecule has 1 fully saturated rings. The van der Waals surface area contributed by atoms with Gasteiger partial charge in [-0.25, -0.2) is 4.79 Å². The highest BCUT2D eigenvalue weighted by Gasteiger charge is 2.21. The van der Waals surface area contributed by atoms with Crippen molar-refractivity contribution in [2.75, 3.05) is 19.7 Å². The lowest BCUT2D eigenvalue weighted by molar-refractivity contribution is 0.0950. The maximum atomic E-state index is 11.5. The Balaban J connectivity index is 2.17. The van der Waals surface area contributed by atoms with Crippen molar-refractivity contribution in [3.05, 3.63) is 0 Å². The highest BCUT2D eigenvalue weighted by atomic mass is 79.9. The maximum absolute atomic E-state index is 11.5. The first-order chi connectivity index (χ1) is 6.74. The standard InChI is InChI=1S/C10H18BrNO2/c1-2-3-8-14-10(13)12-6-4-9(11)5-7-12/h9H,2-8H2,1H3. The zero-order valence-electron chi connectivity index (χ0n) is 8.67. The van der Waals surface area contributed by atoms with Crippen molar-refractivity contribution >= 4 is 22.0 Å². The Morgan fingerprint density at radius 3 is 2.71 bits per heavy atom. The van der Waals surface area contributed by atoms with Gasteiger partial charge < -0.3 is 9.64 Å². The molecule has 1 rings (SSSR count). The third-order valence-electron chi connectivity index (χ3n) is 2.41. The molecular weight excluding hydrogens is 246 g/mol. The number of carbonyl (C=O) groups is 1. The second-order valence-electron chi connectivity index (χ2n) is 3.63. The quantitative estimate of drug-likeness (QED) is 0.579. The topological polar surface area (TPSA) is 29.5 Å². The van der Waals surface area contributed by atoms with E-state index in [0.29, 0.717) is 11.4 Å². The van der Waals surface area contributed by atoms with Crippen molar-refractivity contribution in [1.29, 1.82) is 0 Å². The molecule has 0 bridgehead atoms. The fourth-order valence-electron chi connectivity index (χ4n) is 1.43. The van der Waals surface area contributed by atoms with Crippen LogP contribution in [0.25, 0.3) is 0 Å². The van der Waals surface area contributed by atoms with E-state index in [9.17, 15) is 4.79 Å². The molecular formula is C10H18BrNO2. The summed E-state index contributed by atoms with van der Waals surface area (Å²) in [4.78, 5) is 13.8. The first-order valence-electron chi connectivity index (χ1n) is 5.29. The summed E-state index contributed by atoms with van der Waals surface area (Å²) in [5, 5.41) is 0. The van der Waals surface area contributed by atoms with Gasteiger partial charge in [0.15, 0.2) is 0 Å². The lowest BCUT2D eigenvalue weighted by atomic mass is 10.1. The number of ether oxygens (including phenoxy) is 1. The van der Waals surface area contributed by atoms with Gasteiger partial charge in [-0.3, -0.25) is 0 Å². The van der Waals surface area contributed by atoms with Gasteiger partial charge in [-0.2, -0.15) is 0 Å². The van der Waals surface area contributed by atoms with Gasteiger partial charge in [0, 0.05) is 17.9 Å². The fourth-order valence-corrected chi connectivity index (χ4v) is 1.84. The zero-order valence-corrected chi connectivity index (χ0v) is 10.3. The van der Waals surface area contributed by atoms with Crippen molar-refractivity contribution < 1.29 is 9.53 Å². The van der Waals surface area contributed by atoms with E-state index in [1.165, 1.54) is 0 Å². The first-order valence-corrected chi connectivity index (χ1v) is 6.21. The molecule has 0 aromatic heterocycles. The normalized spacial score (nSPS) is 18.3. The number of halogens is 1. The molecule has 0 radical (unpaired) electrons. The van der Waals surface area contributed by atoms with E-state index in [1.807, 2.05) is 0 Å². The molecule has 0 aliphatic carbocycles. The van der Waals surface area contributed by atoms with Crippen molar-refractivity contribution in [3.8, 4) is 0 Å². The van der Waals surface area contributed by atoms with E-state index in [4.69, 9.17) is 4.74 Å². The van der Waals surface area contributed by atoms with E-state index < -0.39 is 0 Å². The molecule has 0 atom stereocenters. The molecule has 1 aliphatic heterocycles. The monoisotopic (exact) mass is 263 g/mol. The van der Waals surface area contributed by atoms with Crippen LogP contribution in [-0.4, -0.2) is 35.5 Å². The van der Waals surface area contributed by atoms with Gasteiger partial charge in [0.05, 0.1) is 6.61 Å². The van der Waals surface area contributed by atoms with E-state index in [1.54, 1.807) is 4.90 Å². The number of alkyl halides is 1. The number of amides is 1. The Kier molecular flexibility index (Phi) is 5.30. The summed E-state index contributed by atoms with van der Waals surface area (Å²) in [5.74, 6) is 0. The van der Waals surface area contributed by atoms with Crippen molar-refractivity contribution in [2.24, 2.45) is 0 Å². The SMILES string of the molecule is CCCCOC(=O)N1CCC(Br)CC1. The molecule has 0 unspecified atom stereocenters. The van der Waals surface area contributed by atoms with Crippen LogP contribution >= 0.6 is 15.9 Å². The van der Waals surface area contributed by atoms with Gasteiger partial charge in [-0.05, 0) is 19.3 Å². The maximum Gasteiger partial charge on any atom is 0.409 e. The molecule has 0 aromatic carbocycles. The van der Waals surface area contributed by atoms with Gasteiger partial charge in [-0.15, -0.1) is 0 Å². The van der Waals surface area contributed by atoms with Crippen LogP contribution in [0, 0.1) is 0 Å². The predicted octanol–water partition coefficient (Wildman–Crippen LogP) is 2.78. The number of unbranched alkanes of at least 4 members (excludes halogenated alkanes) is 1. The van der Waals surface area contributed by atoms with Gasteiger partial charge in [-0.1, -0.05) is 29.3 Å². The van der Waals surface area contributed by atoms with Crippen LogP contribution in [0.4, 0.5) is 4.79 Å². The highest BCUT2D eigenvalue weighted by molar-refractivity contribution is 9.09. The van der Waals surface area contributed by atoms with E-state index in [0.717, 1.165) is 38.8 Å². The fraction of sp³-hybridized carbons (Fsp3) is 0.900. The van der Waals surface area contributed by atoms with E-state index in [-0.39, 0.29) is 6.09 Å². The smallest absolute Gasteiger partial charge is 0.409 e. The lowest BCUT2D eigenvalue weighted by Crippen LogP contribution is -2.39. The number of hydrogen-bond donors (Lipinski definition) is 0. The predicted molar refractivity (Wildman–Crippen MR) is 59.8 cm³/mol. The summed E-state index contributed by atoms with van der Waals surface area (Å²) in [6.07, 6.45) is 3.95. The second-order valence-corrected chi connectivity index (χ2v) is 4.92. The molecule has 4 heteroatoms. The van der Waals surface area contributed by atoms with Crippen molar-refractivity contribution in [1.82, 2.24) is 4.90 Å². The Morgan fingerprint density at radius 1 is 1.50 bits per heavy atom. The van der Waals surface area contributed by atoms with Crippen LogP contribution in [0.1, 0.15) is 32.6 Å². The minimum absolute atomic E-state index is 0.141. The van der Waals surface area contributed by atoms with E-state index in [2.05, 4.69) is 22.9 Å². The molecule has 3 nitrogen and oxygen atoms in total. The largest absolute Gasteiger partial charge is 0.449 e. The Labute approximate surface area is 93.9 Å². The van der Waals surface area contributed by atoms with Crippen LogP contribution in [-0.2, 0) is 4.74 Å². The highest BCUT2D eigenvalue weighted by Crippen LogP contribution is 2.17. The third-order valence-corrected chi connectivity index (χ3v) is 3.32. The average molecular weight is 264 g/mol. The summed E-state index contributed by atoms with van der Waals surface area (Å²) in [5.41, 5.74) is 0. The number of piperidine rings is 1. The van der Waals surface area contributed by atoms with Crippen LogP contribution in [0.2, 0.25) is 0 Å². The average Bonchev–Trinajstić information content (AvgIpc) is 2.19. The molecule has 1 aliphatic rings. The van der Waals surface area contributed by atoms with Gasteiger partial charge >= 0.3 is 6.09 Å². The zero-order chi connectivity index (χ0) is 10.4. The Bertz CT molecular complexity index is 179. The number of rotatable bonds is 3. The molecule has 14 heavy (non-hydrogen) atoms. The minimum Gasteiger partial charge on any atom is -0.449 e. The molecule has 1 saturated heterocycles. The number of carbonyl (C=O) groups excluding carboxylic acids is 1. The summed E-state index contributed by atoms with van der Waals surface area (Å²) in [6.45, 7) is 4.29. The molecule has 0 aromatic rings. The molecule has 0 spiro atoms. The van der Waals surface area contributed by atoms with Crippen molar-refractivity contribution in [3.63, 3.8) is 0 Å². The number of hydrogen-bond acceptors (Lipinski definition) is 2. The minimum atomic E-state index is -0.141. The van der Waals surface area contributed by atoms with Crippen LogP contribution in [0.15, 0.2) is 0 Å².